The highest BCUT2D eigenvalue weighted by Gasteiger charge is 2.27. The number of guanidine groups is 1. The summed E-state index contributed by atoms with van der Waals surface area (Å²) < 4.78 is 5.97. The van der Waals surface area contributed by atoms with Crippen molar-refractivity contribution in [2.45, 2.75) is 45.2 Å². The maximum Gasteiger partial charge on any atom is 0.191 e. The summed E-state index contributed by atoms with van der Waals surface area (Å²) in [5.41, 5.74) is 8.39. The summed E-state index contributed by atoms with van der Waals surface area (Å²) in [6.07, 6.45) is 5.07. The number of hydrogen-bond acceptors (Lipinski definition) is 2. The number of nitrogens with two attached hydrogens (primary N) is 1. The third kappa shape index (κ3) is 4.76. The number of rotatable bonds is 6. The Labute approximate surface area is 150 Å². The van der Waals surface area contributed by atoms with Gasteiger partial charge in [0, 0.05) is 18.7 Å². The van der Waals surface area contributed by atoms with Gasteiger partial charge in [0.2, 0.25) is 0 Å². The molecule has 0 unspecified atom stereocenters. The fourth-order valence-corrected chi connectivity index (χ4v) is 2.35. The van der Waals surface area contributed by atoms with Crippen LogP contribution in [0.15, 0.2) is 23.2 Å². The number of hydrogen-bond donors (Lipinski definition) is 1. The lowest BCUT2D eigenvalue weighted by molar-refractivity contribution is 0.296. The second-order valence-electron chi connectivity index (χ2n) is 6.38. The molecule has 2 N–H and O–H groups in total. The quantitative estimate of drug-likeness (QED) is 0.441. The summed E-state index contributed by atoms with van der Waals surface area (Å²) in [6.45, 7) is 3.51. The molecule has 122 valence electrons. The average molecular weight is 415 g/mol. The molecule has 0 aliphatic heterocycles. The van der Waals surface area contributed by atoms with E-state index in [4.69, 9.17) is 10.5 Å². The van der Waals surface area contributed by atoms with Crippen molar-refractivity contribution in [1.29, 1.82) is 0 Å². The average Bonchev–Trinajstić information content (AvgIpc) is 3.36. The van der Waals surface area contributed by atoms with Gasteiger partial charge in [-0.1, -0.05) is 12.1 Å². The van der Waals surface area contributed by atoms with Crippen LogP contribution in [0.25, 0.3) is 0 Å². The van der Waals surface area contributed by atoms with Gasteiger partial charge < -0.3 is 15.4 Å². The first-order valence-corrected chi connectivity index (χ1v) is 7.88. The highest BCUT2D eigenvalue weighted by Crippen LogP contribution is 2.31. The molecule has 0 radical (unpaired) electrons. The van der Waals surface area contributed by atoms with E-state index in [2.05, 4.69) is 35.0 Å². The minimum absolute atomic E-state index is 0. The molecule has 0 amide bonds. The zero-order valence-corrected chi connectivity index (χ0v) is 15.7. The van der Waals surface area contributed by atoms with Crippen molar-refractivity contribution in [3.8, 4) is 5.75 Å². The van der Waals surface area contributed by atoms with Crippen LogP contribution in [0, 0.1) is 12.8 Å². The Balaban J connectivity index is 0.00000176. The number of aryl methyl sites for hydroxylation is 1. The van der Waals surface area contributed by atoms with E-state index in [9.17, 15) is 0 Å². The van der Waals surface area contributed by atoms with Crippen molar-refractivity contribution in [1.82, 2.24) is 4.90 Å². The van der Waals surface area contributed by atoms with E-state index >= 15 is 0 Å². The van der Waals surface area contributed by atoms with Gasteiger partial charge in [0.1, 0.15) is 5.75 Å². The molecular weight excluding hydrogens is 389 g/mol. The zero-order chi connectivity index (χ0) is 14.8. The summed E-state index contributed by atoms with van der Waals surface area (Å²) >= 11 is 0. The SMILES string of the molecule is Cc1ccc(CN=C(N)N(C)C2CC2)c(OCC2CC2)c1.I. The van der Waals surface area contributed by atoms with E-state index in [0.29, 0.717) is 18.5 Å². The van der Waals surface area contributed by atoms with Crippen molar-refractivity contribution >= 4 is 29.9 Å². The molecule has 0 spiro atoms. The maximum absolute atomic E-state index is 6.05. The molecule has 0 heterocycles. The molecule has 3 rings (SSSR count). The molecule has 0 atom stereocenters. The predicted molar refractivity (Wildman–Crippen MR) is 101 cm³/mol. The highest BCUT2D eigenvalue weighted by molar-refractivity contribution is 14.0. The molecule has 4 nitrogen and oxygen atoms in total. The van der Waals surface area contributed by atoms with Crippen LogP contribution >= 0.6 is 24.0 Å². The fraction of sp³-hybridized carbons (Fsp3) is 0.588. The third-order valence-corrected chi connectivity index (χ3v) is 4.26. The molecule has 0 bridgehead atoms. The molecule has 0 saturated heterocycles. The van der Waals surface area contributed by atoms with Crippen LogP contribution in [-0.2, 0) is 6.54 Å². The number of ether oxygens (including phenoxy) is 1. The normalized spacial score (nSPS) is 17.8. The standard InChI is InChI=1S/C17H25N3O.HI/c1-12-3-6-14(16(9-12)21-11-13-4-5-13)10-19-17(18)20(2)15-7-8-15;/h3,6,9,13,15H,4-5,7-8,10-11H2,1-2H3,(H2,18,19);1H. The number of halogens is 1. The largest absolute Gasteiger partial charge is 0.493 e. The Morgan fingerprint density at radius 1 is 1.32 bits per heavy atom. The lowest BCUT2D eigenvalue weighted by atomic mass is 10.1. The van der Waals surface area contributed by atoms with Gasteiger partial charge in [0.15, 0.2) is 5.96 Å². The number of aliphatic imine (C=N–C) groups is 1. The Hall–Kier alpha value is -0.980. The number of benzene rings is 1. The monoisotopic (exact) mass is 415 g/mol. The first kappa shape index (κ1) is 17.4. The van der Waals surface area contributed by atoms with Crippen molar-refractivity contribution in [3.63, 3.8) is 0 Å². The van der Waals surface area contributed by atoms with E-state index in [1.807, 2.05) is 7.05 Å². The molecule has 2 saturated carbocycles. The number of nitrogens with zero attached hydrogens (tertiary/aromatic N) is 2. The first-order chi connectivity index (χ1) is 10.1. The van der Waals surface area contributed by atoms with Crippen LogP contribution in [0.3, 0.4) is 0 Å². The molecule has 5 heteroatoms. The van der Waals surface area contributed by atoms with Gasteiger partial charge in [-0.3, -0.25) is 0 Å². The molecule has 2 aliphatic rings. The molecule has 22 heavy (non-hydrogen) atoms. The lowest BCUT2D eigenvalue weighted by Gasteiger charge is -2.17. The van der Waals surface area contributed by atoms with Crippen LogP contribution in [0.5, 0.6) is 5.75 Å². The van der Waals surface area contributed by atoms with Crippen LogP contribution in [-0.4, -0.2) is 30.6 Å². The Bertz CT molecular complexity index is 539. The van der Waals surface area contributed by atoms with Gasteiger partial charge in [0.05, 0.1) is 13.2 Å². The predicted octanol–water partition coefficient (Wildman–Crippen LogP) is 3.31. The molecule has 2 fully saturated rings. The van der Waals surface area contributed by atoms with Crippen molar-refractivity contribution in [2.75, 3.05) is 13.7 Å². The Morgan fingerprint density at radius 3 is 2.68 bits per heavy atom. The first-order valence-electron chi connectivity index (χ1n) is 7.88. The molecule has 1 aromatic carbocycles. The van der Waals surface area contributed by atoms with Crippen molar-refractivity contribution in [3.05, 3.63) is 29.3 Å². The van der Waals surface area contributed by atoms with E-state index in [-0.39, 0.29) is 24.0 Å². The molecular formula is C17H26IN3O. The van der Waals surface area contributed by atoms with E-state index in [1.165, 1.54) is 31.2 Å². The maximum atomic E-state index is 6.05. The van der Waals surface area contributed by atoms with Gasteiger partial charge in [-0.05, 0) is 50.2 Å². The van der Waals surface area contributed by atoms with Gasteiger partial charge in [-0.25, -0.2) is 4.99 Å². The van der Waals surface area contributed by atoms with Crippen LogP contribution in [0.1, 0.15) is 36.8 Å². The van der Waals surface area contributed by atoms with E-state index < -0.39 is 0 Å². The van der Waals surface area contributed by atoms with Crippen LogP contribution < -0.4 is 10.5 Å². The smallest absolute Gasteiger partial charge is 0.191 e. The van der Waals surface area contributed by atoms with Gasteiger partial charge in [-0.2, -0.15) is 0 Å². The summed E-state index contributed by atoms with van der Waals surface area (Å²) in [6, 6.07) is 6.91. The van der Waals surface area contributed by atoms with Gasteiger partial charge in [-0.15, -0.1) is 24.0 Å². The lowest BCUT2D eigenvalue weighted by Crippen LogP contribution is -2.35. The van der Waals surface area contributed by atoms with Crippen LogP contribution in [0.4, 0.5) is 0 Å². The Kier molecular flexibility index (Phi) is 5.94. The van der Waals surface area contributed by atoms with Gasteiger partial charge >= 0.3 is 0 Å². The molecule has 2 aliphatic carbocycles. The second-order valence-corrected chi connectivity index (χ2v) is 6.38. The Morgan fingerprint density at radius 2 is 2.05 bits per heavy atom. The zero-order valence-electron chi connectivity index (χ0n) is 13.4. The third-order valence-electron chi connectivity index (χ3n) is 4.26. The van der Waals surface area contributed by atoms with Crippen LogP contribution in [0.2, 0.25) is 0 Å². The van der Waals surface area contributed by atoms with Crippen molar-refractivity contribution in [2.24, 2.45) is 16.6 Å². The van der Waals surface area contributed by atoms with E-state index in [1.54, 1.807) is 0 Å². The highest BCUT2D eigenvalue weighted by atomic mass is 127. The van der Waals surface area contributed by atoms with E-state index in [0.717, 1.165) is 23.8 Å². The molecule has 0 aromatic heterocycles. The van der Waals surface area contributed by atoms with Gasteiger partial charge in [0.25, 0.3) is 0 Å². The summed E-state index contributed by atoms with van der Waals surface area (Å²) in [4.78, 5) is 6.61. The minimum atomic E-state index is 0. The second kappa shape index (κ2) is 7.53. The van der Waals surface area contributed by atoms with Crippen molar-refractivity contribution < 1.29 is 4.74 Å². The topological polar surface area (TPSA) is 50.8 Å². The molecule has 1 aromatic rings. The minimum Gasteiger partial charge on any atom is -0.493 e. The summed E-state index contributed by atoms with van der Waals surface area (Å²) in [5.74, 6) is 2.35. The summed E-state index contributed by atoms with van der Waals surface area (Å²) in [5, 5.41) is 0. The fourth-order valence-electron chi connectivity index (χ4n) is 2.35. The summed E-state index contributed by atoms with van der Waals surface area (Å²) in [7, 11) is 2.02.